The van der Waals surface area contributed by atoms with Gasteiger partial charge in [0, 0.05) is 30.1 Å². The zero-order valence-corrected chi connectivity index (χ0v) is 10.7. The van der Waals surface area contributed by atoms with Crippen LogP contribution in [0.3, 0.4) is 0 Å². The van der Waals surface area contributed by atoms with E-state index in [0.29, 0.717) is 17.8 Å². The molecule has 0 aliphatic carbocycles. The van der Waals surface area contributed by atoms with Crippen molar-refractivity contribution in [2.45, 2.75) is 13.5 Å². The summed E-state index contributed by atoms with van der Waals surface area (Å²) in [5.41, 5.74) is 0.613. The topological polar surface area (TPSA) is 34.0 Å². The number of rotatable bonds is 3. The van der Waals surface area contributed by atoms with Gasteiger partial charge in [0.1, 0.15) is 17.3 Å². The van der Waals surface area contributed by atoms with Crippen molar-refractivity contribution in [3.8, 4) is 5.69 Å². The summed E-state index contributed by atoms with van der Waals surface area (Å²) in [6, 6.07) is 5.06. The van der Waals surface area contributed by atoms with Crippen molar-refractivity contribution < 1.29 is 8.78 Å². The Bertz CT molecular complexity index is 645. The van der Waals surface area contributed by atoms with Crippen LogP contribution in [0.25, 0.3) is 5.69 Å². The number of benzene rings is 1. The second kappa shape index (κ2) is 5.32. The molecule has 0 aliphatic rings. The van der Waals surface area contributed by atoms with E-state index in [9.17, 15) is 13.6 Å². The number of para-hydroxylation sites is 1. The number of aromatic nitrogens is 1. The summed E-state index contributed by atoms with van der Waals surface area (Å²) in [6.45, 7) is 1.98. The lowest BCUT2D eigenvalue weighted by molar-refractivity contribution is 0.566. The van der Waals surface area contributed by atoms with Crippen LogP contribution in [-0.2, 0) is 6.54 Å². The molecule has 1 aromatic carbocycles. The highest BCUT2D eigenvalue weighted by Crippen LogP contribution is 2.19. The molecule has 0 amide bonds. The van der Waals surface area contributed by atoms with Crippen LogP contribution in [0, 0.1) is 18.6 Å². The van der Waals surface area contributed by atoms with Crippen molar-refractivity contribution in [1.82, 2.24) is 9.88 Å². The first-order valence-electron chi connectivity index (χ1n) is 5.85. The Morgan fingerprint density at radius 3 is 2.47 bits per heavy atom. The molecular formula is C14H14F2N2O. The molecule has 2 aromatic rings. The summed E-state index contributed by atoms with van der Waals surface area (Å²) in [5.74, 6) is -1.33. The second-order valence-corrected chi connectivity index (χ2v) is 4.27. The standard InChI is InChI=1S/C14H14F2N2O/c1-9-6-13(19)10(7-17-2)8-18(9)14-11(15)4-3-5-12(14)16/h3-6,8,17H,7H2,1-2H3. The number of halogens is 2. The van der Waals surface area contributed by atoms with Gasteiger partial charge in [-0.3, -0.25) is 4.79 Å². The molecule has 0 spiro atoms. The Kier molecular flexibility index (Phi) is 3.76. The molecule has 1 N–H and O–H groups in total. The maximum Gasteiger partial charge on any atom is 0.186 e. The van der Waals surface area contributed by atoms with E-state index in [1.54, 1.807) is 14.0 Å². The highest BCUT2D eigenvalue weighted by Gasteiger charge is 2.13. The van der Waals surface area contributed by atoms with Crippen molar-refractivity contribution in [2.75, 3.05) is 7.05 Å². The van der Waals surface area contributed by atoms with Gasteiger partial charge in [0.05, 0.1) is 0 Å². The Labute approximate surface area is 109 Å². The van der Waals surface area contributed by atoms with Gasteiger partial charge in [-0.25, -0.2) is 8.78 Å². The van der Waals surface area contributed by atoms with Gasteiger partial charge < -0.3 is 9.88 Å². The first-order chi connectivity index (χ1) is 9.04. The Balaban J connectivity index is 2.68. The molecule has 0 radical (unpaired) electrons. The fourth-order valence-electron chi connectivity index (χ4n) is 1.96. The molecule has 2 rings (SSSR count). The van der Waals surface area contributed by atoms with Crippen LogP contribution in [0.5, 0.6) is 0 Å². The fourth-order valence-corrected chi connectivity index (χ4v) is 1.96. The zero-order valence-electron chi connectivity index (χ0n) is 10.7. The largest absolute Gasteiger partial charge is 0.316 e. The van der Waals surface area contributed by atoms with Gasteiger partial charge in [0.25, 0.3) is 0 Å². The number of hydrogen-bond acceptors (Lipinski definition) is 2. The van der Waals surface area contributed by atoms with Crippen LogP contribution >= 0.6 is 0 Å². The fraction of sp³-hybridized carbons (Fsp3) is 0.214. The van der Waals surface area contributed by atoms with Crippen molar-refractivity contribution in [3.05, 3.63) is 63.6 Å². The SMILES string of the molecule is CNCc1cn(-c2c(F)cccc2F)c(C)cc1=O. The van der Waals surface area contributed by atoms with E-state index in [4.69, 9.17) is 0 Å². The maximum absolute atomic E-state index is 13.8. The molecule has 5 heteroatoms. The average molecular weight is 264 g/mol. The first kappa shape index (κ1) is 13.4. The number of nitrogens with zero attached hydrogens (tertiary/aromatic N) is 1. The van der Waals surface area contributed by atoms with Crippen molar-refractivity contribution in [3.63, 3.8) is 0 Å². The van der Waals surface area contributed by atoms with E-state index in [-0.39, 0.29) is 11.1 Å². The van der Waals surface area contributed by atoms with E-state index in [2.05, 4.69) is 5.32 Å². The summed E-state index contributed by atoms with van der Waals surface area (Å²) < 4.78 is 28.9. The second-order valence-electron chi connectivity index (χ2n) is 4.27. The third-order valence-corrected chi connectivity index (χ3v) is 2.87. The molecular weight excluding hydrogens is 250 g/mol. The van der Waals surface area contributed by atoms with Crippen LogP contribution in [0.2, 0.25) is 0 Å². The molecule has 1 heterocycles. The van der Waals surface area contributed by atoms with Gasteiger partial charge in [0.15, 0.2) is 5.43 Å². The molecule has 19 heavy (non-hydrogen) atoms. The van der Waals surface area contributed by atoms with Crippen molar-refractivity contribution in [2.24, 2.45) is 0 Å². The summed E-state index contributed by atoms with van der Waals surface area (Å²) in [7, 11) is 1.70. The molecule has 0 aliphatic heterocycles. The van der Waals surface area contributed by atoms with Gasteiger partial charge in [-0.2, -0.15) is 0 Å². The Hall–Kier alpha value is -2.01. The third kappa shape index (κ3) is 2.56. The lowest BCUT2D eigenvalue weighted by Crippen LogP contribution is -2.19. The van der Waals surface area contributed by atoms with Crippen molar-refractivity contribution >= 4 is 0 Å². The van der Waals surface area contributed by atoms with E-state index in [0.717, 1.165) is 0 Å². The Morgan fingerprint density at radius 1 is 1.26 bits per heavy atom. The van der Waals surface area contributed by atoms with E-state index >= 15 is 0 Å². The number of pyridine rings is 1. The van der Waals surface area contributed by atoms with Gasteiger partial charge >= 0.3 is 0 Å². The monoisotopic (exact) mass is 264 g/mol. The summed E-state index contributed by atoms with van der Waals surface area (Å²) in [5, 5.41) is 2.85. The molecule has 0 unspecified atom stereocenters. The molecule has 1 aromatic heterocycles. The first-order valence-corrected chi connectivity index (χ1v) is 5.85. The molecule has 0 saturated heterocycles. The number of aryl methyl sites for hydroxylation is 1. The van der Waals surface area contributed by atoms with Crippen LogP contribution in [0.15, 0.2) is 35.3 Å². The smallest absolute Gasteiger partial charge is 0.186 e. The number of nitrogens with one attached hydrogen (secondary N) is 1. The summed E-state index contributed by atoms with van der Waals surface area (Å²) >= 11 is 0. The predicted octanol–water partition coefficient (Wildman–Crippen LogP) is 2.14. The van der Waals surface area contributed by atoms with Crippen LogP contribution in [0.4, 0.5) is 8.78 Å². The summed E-state index contributed by atoms with van der Waals surface area (Å²) in [4.78, 5) is 11.7. The molecule has 0 bridgehead atoms. The average Bonchev–Trinajstić information content (AvgIpc) is 2.34. The van der Waals surface area contributed by atoms with Gasteiger partial charge in [0.2, 0.25) is 0 Å². The van der Waals surface area contributed by atoms with Crippen molar-refractivity contribution in [1.29, 1.82) is 0 Å². The molecule has 3 nitrogen and oxygen atoms in total. The minimum absolute atomic E-state index is 0.153. The van der Waals surface area contributed by atoms with E-state index in [1.807, 2.05) is 0 Å². The molecule has 100 valence electrons. The minimum Gasteiger partial charge on any atom is -0.316 e. The van der Waals surface area contributed by atoms with Gasteiger partial charge in [-0.15, -0.1) is 0 Å². The number of hydrogen-bond donors (Lipinski definition) is 1. The minimum atomic E-state index is -0.665. The van der Waals surface area contributed by atoms with E-state index < -0.39 is 11.6 Å². The highest BCUT2D eigenvalue weighted by molar-refractivity contribution is 5.38. The quantitative estimate of drug-likeness (QED) is 0.921. The molecule has 0 saturated carbocycles. The third-order valence-electron chi connectivity index (χ3n) is 2.87. The van der Waals surface area contributed by atoms with E-state index in [1.165, 1.54) is 35.0 Å². The summed E-state index contributed by atoms with van der Waals surface area (Å²) in [6.07, 6.45) is 1.47. The van der Waals surface area contributed by atoms with Crippen LogP contribution < -0.4 is 10.7 Å². The normalized spacial score (nSPS) is 10.7. The van der Waals surface area contributed by atoms with Gasteiger partial charge in [-0.1, -0.05) is 6.07 Å². The zero-order chi connectivity index (χ0) is 14.0. The van der Waals surface area contributed by atoms with Gasteiger partial charge in [-0.05, 0) is 26.1 Å². The molecule has 0 atom stereocenters. The van der Waals surface area contributed by atoms with Crippen LogP contribution in [-0.4, -0.2) is 11.6 Å². The highest BCUT2D eigenvalue weighted by atomic mass is 19.1. The lowest BCUT2D eigenvalue weighted by Gasteiger charge is -2.14. The lowest BCUT2D eigenvalue weighted by atomic mass is 10.2. The van der Waals surface area contributed by atoms with Crippen LogP contribution in [0.1, 0.15) is 11.3 Å². The molecule has 0 fully saturated rings. The maximum atomic E-state index is 13.8. The predicted molar refractivity (Wildman–Crippen MR) is 69.5 cm³/mol. The Morgan fingerprint density at radius 2 is 1.89 bits per heavy atom.